The van der Waals surface area contributed by atoms with Gasteiger partial charge in [0, 0.05) is 15.3 Å². The zero-order valence-electron chi connectivity index (χ0n) is 11.2. The molecule has 0 atom stereocenters. The average molecular weight is 278 g/mol. The smallest absolute Gasteiger partial charge is 0.161 e. The minimum Gasteiger partial charge on any atom is -0.294 e. The largest absolute Gasteiger partial charge is 0.294 e. The van der Waals surface area contributed by atoms with E-state index in [1.165, 1.54) is 0 Å². The van der Waals surface area contributed by atoms with Crippen molar-refractivity contribution in [1.29, 1.82) is 0 Å². The molecule has 3 rings (SSSR count). The van der Waals surface area contributed by atoms with Crippen molar-refractivity contribution in [3.8, 4) is 20.9 Å². The maximum Gasteiger partial charge on any atom is 0.161 e. The number of carbonyl (C=O) groups is 1. The molecule has 0 N–H and O–H groups in total. The Morgan fingerprint density at radius 1 is 0.850 bits per heavy atom. The summed E-state index contributed by atoms with van der Waals surface area (Å²) in [6.07, 6.45) is 0. The lowest BCUT2D eigenvalue weighted by Crippen LogP contribution is -1.90. The molecule has 0 unspecified atom stereocenters. The van der Waals surface area contributed by atoms with Crippen LogP contribution >= 0.6 is 11.3 Å². The van der Waals surface area contributed by atoms with E-state index in [4.69, 9.17) is 0 Å². The summed E-state index contributed by atoms with van der Waals surface area (Å²) in [6.45, 7) is 1.63. The fourth-order valence-electron chi connectivity index (χ4n) is 2.20. The summed E-state index contributed by atoms with van der Waals surface area (Å²) in [7, 11) is 0. The van der Waals surface area contributed by atoms with Crippen molar-refractivity contribution in [2.75, 3.05) is 0 Å². The van der Waals surface area contributed by atoms with Crippen molar-refractivity contribution in [1.82, 2.24) is 0 Å². The van der Waals surface area contributed by atoms with Crippen LogP contribution in [0.4, 0.5) is 0 Å². The Morgan fingerprint density at radius 3 is 1.95 bits per heavy atom. The van der Waals surface area contributed by atoms with Gasteiger partial charge in [-0.2, -0.15) is 0 Å². The predicted octanol–water partition coefficient (Wildman–Crippen LogP) is 5.28. The number of ketones is 1. The van der Waals surface area contributed by atoms with Gasteiger partial charge in [-0.25, -0.2) is 0 Å². The second-order valence-corrected chi connectivity index (χ2v) is 5.69. The molecule has 0 radical (unpaired) electrons. The van der Waals surface area contributed by atoms with Crippen LogP contribution in [-0.2, 0) is 0 Å². The topological polar surface area (TPSA) is 17.1 Å². The quantitative estimate of drug-likeness (QED) is 0.595. The van der Waals surface area contributed by atoms with E-state index in [0.29, 0.717) is 0 Å². The lowest BCUT2D eigenvalue weighted by molar-refractivity contribution is 0.101. The third-order valence-corrected chi connectivity index (χ3v) is 4.44. The third-order valence-electron chi connectivity index (χ3n) is 3.21. The summed E-state index contributed by atoms with van der Waals surface area (Å²) >= 11 is 1.67. The second kappa shape index (κ2) is 5.43. The van der Waals surface area contributed by atoms with Crippen LogP contribution < -0.4 is 0 Å². The average Bonchev–Trinajstić information content (AvgIpc) is 2.94. The minimum atomic E-state index is 0.113. The van der Waals surface area contributed by atoms with Crippen LogP contribution in [0.1, 0.15) is 17.3 Å². The van der Waals surface area contributed by atoms with Crippen molar-refractivity contribution in [2.45, 2.75) is 6.92 Å². The van der Waals surface area contributed by atoms with E-state index >= 15 is 0 Å². The van der Waals surface area contributed by atoms with Gasteiger partial charge in [-0.05, 0) is 24.1 Å². The van der Waals surface area contributed by atoms with Gasteiger partial charge in [-0.1, -0.05) is 60.7 Å². The highest BCUT2D eigenvalue weighted by molar-refractivity contribution is 7.19. The molecule has 20 heavy (non-hydrogen) atoms. The van der Waals surface area contributed by atoms with Crippen LogP contribution in [0.3, 0.4) is 0 Å². The molecular formula is C18H14OS. The Balaban J connectivity index is 2.15. The van der Waals surface area contributed by atoms with Crippen LogP contribution in [-0.4, -0.2) is 5.78 Å². The fraction of sp³-hybridized carbons (Fsp3) is 0.0556. The van der Waals surface area contributed by atoms with Crippen LogP contribution in [0.25, 0.3) is 20.9 Å². The summed E-state index contributed by atoms with van der Waals surface area (Å²) in [5, 5.41) is 0. The van der Waals surface area contributed by atoms with Crippen LogP contribution in [0.2, 0.25) is 0 Å². The molecule has 0 spiro atoms. The van der Waals surface area contributed by atoms with E-state index in [-0.39, 0.29) is 5.78 Å². The van der Waals surface area contributed by atoms with Crippen LogP contribution in [0, 0.1) is 0 Å². The first-order chi connectivity index (χ1) is 9.75. The maximum absolute atomic E-state index is 11.9. The molecule has 0 bridgehead atoms. The van der Waals surface area contributed by atoms with Gasteiger partial charge < -0.3 is 0 Å². The van der Waals surface area contributed by atoms with Crippen LogP contribution in [0.15, 0.2) is 66.7 Å². The van der Waals surface area contributed by atoms with E-state index < -0.39 is 0 Å². The summed E-state index contributed by atoms with van der Waals surface area (Å²) in [5.41, 5.74) is 3.06. The second-order valence-electron chi connectivity index (χ2n) is 4.64. The van der Waals surface area contributed by atoms with Gasteiger partial charge in [0.05, 0.1) is 0 Å². The maximum atomic E-state index is 11.9. The number of hydrogen-bond donors (Lipinski definition) is 0. The molecule has 2 aromatic carbocycles. The zero-order chi connectivity index (χ0) is 13.9. The Hall–Kier alpha value is -2.19. The lowest BCUT2D eigenvalue weighted by Gasteiger charge is -1.99. The van der Waals surface area contributed by atoms with E-state index in [9.17, 15) is 4.79 Å². The van der Waals surface area contributed by atoms with Gasteiger partial charge in [0.1, 0.15) is 0 Å². The molecule has 1 heterocycles. The Bertz CT molecular complexity index is 727. The first-order valence-electron chi connectivity index (χ1n) is 6.51. The van der Waals surface area contributed by atoms with Crippen molar-refractivity contribution < 1.29 is 4.79 Å². The highest BCUT2D eigenvalue weighted by Gasteiger charge is 2.15. The molecule has 0 saturated heterocycles. The molecule has 0 aliphatic rings. The Kier molecular flexibility index (Phi) is 3.48. The number of hydrogen-bond acceptors (Lipinski definition) is 2. The normalized spacial score (nSPS) is 10.4. The Morgan fingerprint density at radius 2 is 1.40 bits per heavy atom. The van der Waals surface area contributed by atoms with Crippen molar-refractivity contribution >= 4 is 17.1 Å². The van der Waals surface area contributed by atoms with Gasteiger partial charge in [0.15, 0.2) is 5.78 Å². The van der Waals surface area contributed by atoms with Gasteiger partial charge in [0.25, 0.3) is 0 Å². The summed E-state index contributed by atoms with van der Waals surface area (Å²) in [5.74, 6) is 0.113. The molecule has 0 fully saturated rings. The third kappa shape index (κ3) is 2.43. The molecule has 1 aromatic heterocycles. The fourth-order valence-corrected chi connectivity index (χ4v) is 3.42. The molecule has 0 amide bonds. The van der Waals surface area contributed by atoms with Crippen molar-refractivity contribution in [3.05, 3.63) is 72.3 Å². The summed E-state index contributed by atoms with van der Waals surface area (Å²) in [6, 6.07) is 22.3. The minimum absolute atomic E-state index is 0.113. The first-order valence-corrected chi connectivity index (χ1v) is 7.33. The number of benzene rings is 2. The van der Waals surface area contributed by atoms with E-state index in [1.54, 1.807) is 18.3 Å². The molecule has 2 heteroatoms. The number of rotatable bonds is 3. The van der Waals surface area contributed by atoms with Crippen molar-refractivity contribution in [3.63, 3.8) is 0 Å². The van der Waals surface area contributed by atoms with Crippen molar-refractivity contribution in [2.24, 2.45) is 0 Å². The number of Topliss-reactive ketones (excluding diaryl/α,β-unsaturated/α-hetero) is 1. The molecule has 0 saturated carbocycles. The SMILES string of the molecule is CC(=O)c1cc(-c2ccccc2)sc1-c1ccccc1. The number of thiophene rings is 1. The van der Waals surface area contributed by atoms with Crippen LogP contribution in [0.5, 0.6) is 0 Å². The predicted molar refractivity (Wildman–Crippen MR) is 85.2 cm³/mol. The molecule has 3 aromatic rings. The Labute approximate surface area is 122 Å². The highest BCUT2D eigenvalue weighted by atomic mass is 32.1. The van der Waals surface area contributed by atoms with E-state index in [1.807, 2.05) is 54.6 Å². The molecule has 0 aliphatic carbocycles. The zero-order valence-corrected chi connectivity index (χ0v) is 12.0. The van der Waals surface area contributed by atoms with Gasteiger partial charge >= 0.3 is 0 Å². The monoisotopic (exact) mass is 278 g/mol. The number of carbonyl (C=O) groups excluding carboxylic acids is 1. The van der Waals surface area contributed by atoms with Gasteiger partial charge in [-0.15, -0.1) is 11.3 Å². The van der Waals surface area contributed by atoms with Gasteiger partial charge in [0.2, 0.25) is 0 Å². The molecule has 0 aliphatic heterocycles. The molecule has 98 valence electrons. The van der Waals surface area contributed by atoms with E-state index in [2.05, 4.69) is 12.1 Å². The standard InChI is InChI=1S/C18H14OS/c1-13(19)16-12-17(14-8-4-2-5-9-14)20-18(16)15-10-6-3-7-11-15/h2-12H,1H3. The molecular weight excluding hydrogens is 264 g/mol. The molecule has 1 nitrogen and oxygen atoms in total. The summed E-state index contributed by atoms with van der Waals surface area (Å²) < 4.78 is 0. The summed E-state index contributed by atoms with van der Waals surface area (Å²) in [4.78, 5) is 14.1. The first kappa shape index (κ1) is 12.8. The van der Waals surface area contributed by atoms with E-state index in [0.717, 1.165) is 26.4 Å². The van der Waals surface area contributed by atoms with Gasteiger partial charge in [-0.3, -0.25) is 4.79 Å². The highest BCUT2D eigenvalue weighted by Crippen LogP contribution is 2.38. The lowest BCUT2D eigenvalue weighted by atomic mass is 10.1.